The molecule has 0 amide bonds. The molecule has 0 bridgehead atoms. The molecule has 0 aliphatic heterocycles. The SMILES string of the molecule is Cc1ccc(NS(C)(=O)=O)c(=O)n1CC(=O)O.c1cc2cc-2c1. The van der Waals surface area contributed by atoms with Gasteiger partial charge < -0.3 is 5.11 Å². The van der Waals surface area contributed by atoms with Crippen LogP contribution >= 0.6 is 0 Å². The van der Waals surface area contributed by atoms with Crippen LogP contribution in [-0.4, -0.2) is 30.3 Å². The molecule has 23 heavy (non-hydrogen) atoms. The Kier molecular flexibility index (Phi) is 4.55. The van der Waals surface area contributed by atoms with Crippen LogP contribution in [-0.2, 0) is 21.4 Å². The zero-order valence-electron chi connectivity index (χ0n) is 12.6. The highest BCUT2D eigenvalue weighted by Gasteiger charge is 2.11. The lowest BCUT2D eigenvalue weighted by molar-refractivity contribution is -0.137. The lowest BCUT2D eigenvalue weighted by Crippen LogP contribution is -2.29. The number of aryl methyl sites for hydroxylation is 1. The largest absolute Gasteiger partial charge is 0.480 e. The van der Waals surface area contributed by atoms with Gasteiger partial charge in [-0.25, -0.2) is 8.42 Å². The summed E-state index contributed by atoms with van der Waals surface area (Å²) in [6.45, 7) is 1.05. The quantitative estimate of drug-likeness (QED) is 0.746. The van der Waals surface area contributed by atoms with Gasteiger partial charge in [-0.05, 0) is 36.2 Å². The predicted octanol–water partition coefficient (Wildman–Crippen LogP) is 1.28. The van der Waals surface area contributed by atoms with E-state index < -0.39 is 28.1 Å². The number of pyridine rings is 1. The topological polar surface area (TPSA) is 105 Å². The number of aromatic nitrogens is 1. The Morgan fingerprint density at radius 1 is 1.22 bits per heavy atom. The average Bonchev–Trinajstić information content (AvgIpc) is 3.04. The molecule has 1 heterocycles. The average molecular weight is 336 g/mol. The van der Waals surface area contributed by atoms with Crippen LogP contribution in [0, 0.1) is 6.92 Å². The fourth-order valence-electron chi connectivity index (χ4n) is 1.96. The second kappa shape index (κ2) is 6.25. The summed E-state index contributed by atoms with van der Waals surface area (Å²) < 4.78 is 25.0. The first kappa shape index (κ1) is 16.8. The number of hydrogen-bond donors (Lipinski definition) is 2. The van der Waals surface area contributed by atoms with Crippen molar-refractivity contribution < 1.29 is 18.3 Å². The molecule has 2 aliphatic rings. The minimum absolute atomic E-state index is 0.167. The number of rotatable bonds is 4. The number of carbonyl (C=O) groups is 1. The van der Waals surface area contributed by atoms with Crippen molar-refractivity contribution in [2.24, 2.45) is 0 Å². The van der Waals surface area contributed by atoms with Crippen molar-refractivity contribution in [1.82, 2.24) is 4.57 Å². The maximum atomic E-state index is 11.8. The van der Waals surface area contributed by atoms with Crippen LogP contribution in [0.2, 0.25) is 0 Å². The Balaban J connectivity index is 0.000000260. The molecule has 8 heteroatoms. The van der Waals surface area contributed by atoms with Gasteiger partial charge in [-0.3, -0.25) is 18.9 Å². The number of fused-ring (bicyclic) bond motifs is 1. The molecule has 0 fully saturated rings. The number of nitrogens with one attached hydrogen (secondary N) is 1. The van der Waals surface area contributed by atoms with E-state index in [1.807, 2.05) is 4.72 Å². The smallest absolute Gasteiger partial charge is 0.323 e. The molecule has 0 saturated carbocycles. The van der Waals surface area contributed by atoms with Crippen molar-refractivity contribution in [1.29, 1.82) is 0 Å². The van der Waals surface area contributed by atoms with E-state index in [-0.39, 0.29) is 5.69 Å². The standard InChI is InChI=1S/C9H12N2O5S.C6H4/c1-6-3-4-7(10-17(2,15)16)9(14)11(6)5-8(12)13;1-2-5-4-6(5)3-1/h3-4,10H,5H2,1-2H3,(H,12,13);1-4H. The van der Waals surface area contributed by atoms with Gasteiger partial charge in [0.25, 0.3) is 5.56 Å². The van der Waals surface area contributed by atoms with Gasteiger partial charge in [0.1, 0.15) is 12.2 Å². The van der Waals surface area contributed by atoms with Gasteiger partial charge in [-0.2, -0.15) is 0 Å². The van der Waals surface area contributed by atoms with Crippen LogP contribution in [0.1, 0.15) is 5.69 Å². The molecule has 0 spiro atoms. The summed E-state index contributed by atoms with van der Waals surface area (Å²) >= 11 is 0. The molecule has 3 rings (SSSR count). The second-order valence-electron chi connectivity index (χ2n) is 5.13. The number of anilines is 1. The Bertz CT molecular complexity index is 898. The third-order valence-corrected chi connectivity index (χ3v) is 3.68. The normalized spacial score (nSPS) is 11.2. The first-order chi connectivity index (χ1) is 10.7. The summed E-state index contributed by atoms with van der Waals surface area (Å²) in [6, 6.07) is 11.3. The molecular formula is C15H16N2O5S. The van der Waals surface area contributed by atoms with Crippen LogP contribution in [0.3, 0.4) is 0 Å². The number of benzene rings is 1. The molecule has 0 saturated heterocycles. The van der Waals surface area contributed by atoms with E-state index in [1.54, 1.807) is 6.92 Å². The minimum Gasteiger partial charge on any atom is -0.480 e. The number of nitrogens with zero attached hydrogens (tertiary/aromatic N) is 1. The Labute approximate surface area is 133 Å². The maximum Gasteiger partial charge on any atom is 0.323 e. The summed E-state index contributed by atoms with van der Waals surface area (Å²) in [5, 5.41) is 8.64. The van der Waals surface area contributed by atoms with Crippen LogP contribution < -0.4 is 10.3 Å². The zero-order valence-corrected chi connectivity index (χ0v) is 13.4. The number of aliphatic carboxylic acids is 1. The molecular weight excluding hydrogens is 320 g/mol. The predicted molar refractivity (Wildman–Crippen MR) is 87.0 cm³/mol. The van der Waals surface area contributed by atoms with E-state index >= 15 is 0 Å². The zero-order chi connectivity index (χ0) is 17.2. The fourth-order valence-corrected chi connectivity index (χ4v) is 2.51. The molecule has 2 aliphatic carbocycles. The van der Waals surface area contributed by atoms with E-state index in [0.717, 1.165) is 10.8 Å². The number of hydrogen-bond acceptors (Lipinski definition) is 4. The third kappa shape index (κ3) is 4.68. The van der Waals surface area contributed by atoms with E-state index in [2.05, 4.69) is 24.3 Å². The Hall–Kier alpha value is -2.61. The van der Waals surface area contributed by atoms with Crippen molar-refractivity contribution in [2.45, 2.75) is 13.5 Å². The van der Waals surface area contributed by atoms with Crippen molar-refractivity contribution >= 4 is 21.7 Å². The first-order valence-corrected chi connectivity index (χ1v) is 8.57. The second-order valence-corrected chi connectivity index (χ2v) is 6.88. The number of sulfonamides is 1. The van der Waals surface area contributed by atoms with E-state index in [4.69, 9.17) is 5.11 Å². The van der Waals surface area contributed by atoms with Crippen LogP contribution in [0.15, 0.2) is 41.2 Å². The molecule has 0 radical (unpaired) electrons. The fraction of sp³-hybridized carbons (Fsp3) is 0.200. The lowest BCUT2D eigenvalue weighted by Gasteiger charge is -2.10. The Morgan fingerprint density at radius 3 is 2.22 bits per heavy atom. The highest BCUT2D eigenvalue weighted by molar-refractivity contribution is 7.92. The monoisotopic (exact) mass is 336 g/mol. The van der Waals surface area contributed by atoms with Crippen molar-refractivity contribution in [2.75, 3.05) is 11.0 Å². The lowest BCUT2D eigenvalue weighted by atomic mass is 10.3. The van der Waals surface area contributed by atoms with Crippen LogP contribution in [0.5, 0.6) is 0 Å². The highest BCUT2D eigenvalue weighted by Crippen LogP contribution is 2.32. The molecule has 7 nitrogen and oxygen atoms in total. The van der Waals surface area contributed by atoms with Crippen LogP contribution in [0.4, 0.5) is 5.69 Å². The molecule has 1 aromatic rings. The molecule has 0 unspecified atom stereocenters. The van der Waals surface area contributed by atoms with E-state index in [1.165, 1.54) is 23.3 Å². The van der Waals surface area contributed by atoms with Crippen LogP contribution in [0.25, 0.3) is 11.1 Å². The van der Waals surface area contributed by atoms with Gasteiger partial charge in [0.15, 0.2) is 0 Å². The van der Waals surface area contributed by atoms with Gasteiger partial charge in [0.2, 0.25) is 10.0 Å². The summed E-state index contributed by atoms with van der Waals surface area (Å²) in [6.07, 6.45) is 0.911. The summed E-state index contributed by atoms with van der Waals surface area (Å²) in [5.41, 5.74) is 2.44. The summed E-state index contributed by atoms with van der Waals surface area (Å²) in [7, 11) is -3.57. The number of carboxylic acids is 1. The van der Waals surface area contributed by atoms with Gasteiger partial charge in [-0.1, -0.05) is 18.2 Å². The number of carboxylic acid groups (broad SMARTS) is 1. The van der Waals surface area contributed by atoms with Crippen molar-refractivity contribution in [3.63, 3.8) is 0 Å². The van der Waals surface area contributed by atoms with Crippen molar-refractivity contribution in [3.05, 3.63) is 52.4 Å². The van der Waals surface area contributed by atoms with E-state index in [9.17, 15) is 18.0 Å². The van der Waals surface area contributed by atoms with E-state index in [0.29, 0.717) is 5.69 Å². The molecule has 2 N–H and O–H groups in total. The minimum atomic E-state index is -3.57. The van der Waals surface area contributed by atoms with Gasteiger partial charge >= 0.3 is 5.97 Å². The van der Waals surface area contributed by atoms with Crippen molar-refractivity contribution in [3.8, 4) is 11.1 Å². The van der Waals surface area contributed by atoms with Gasteiger partial charge in [-0.15, -0.1) is 0 Å². The molecule has 0 aromatic carbocycles. The van der Waals surface area contributed by atoms with Gasteiger partial charge in [0.05, 0.1) is 6.26 Å². The highest BCUT2D eigenvalue weighted by atomic mass is 32.2. The molecule has 1 aromatic heterocycles. The molecule has 0 atom stereocenters. The Morgan fingerprint density at radius 2 is 1.83 bits per heavy atom. The third-order valence-electron chi connectivity index (χ3n) is 3.09. The summed E-state index contributed by atoms with van der Waals surface area (Å²) in [4.78, 5) is 22.3. The van der Waals surface area contributed by atoms with Gasteiger partial charge in [0, 0.05) is 5.69 Å². The summed E-state index contributed by atoms with van der Waals surface area (Å²) in [5.74, 6) is -1.17. The molecule has 122 valence electrons. The maximum absolute atomic E-state index is 11.8. The first-order valence-electron chi connectivity index (χ1n) is 6.68.